The third-order valence-electron chi connectivity index (χ3n) is 2.89. The third-order valence-corrected chi connectivity index (χ3v) is 2.89. The smallest absolute Gasteiger partial charge is 0.130 e. The largest absolute Gasteiger partial charge is 0.487 e. The average molecular weight is 209 g/mol. The molecule has 2 N–H and O–H groups in total. The second-order valence-electron chi connectivity index (χ2n) is 4.34. The molecule has 0 aliphatic carbocycles. The predicted molar refractivity (Wildman–Crippen MR) is 57.4 cm³/mol. The Kier molecular flexibility index (Phi) is 2.65. The Balaban J connectivity index is 2.17. The highest BCUT2D eigenvalue weighted by Gasteiger charge is 2.35. The van der Waals surface area contributed by atoms with Gasteiger partial charge in [0.15, 0.2) is 0 Å². The molecule has 0 saturated heterocycles. The number of nitrogens with two attached hydrogens (primary N) is 1. The fraction of sp³-hybridized carbons (Fsp3) is 0.500. The summed E-state index contributed by atoms with van der Waals surface area (Å²) in [5.74, 6) is 0.526. The Morgan fingerprint density at radius 3 is 3.00 bits per heavy atom. The van der Waals surface area contributed by atoms with Crippen LogP contribution in [0.2, 0.25) is 0 Å². The van der Waals surface area contributed by atoms with Crippen LogP contribution in [-0.2, 0) is 6.42 Å². The Labute approximate surface area is 89.2 Å². The van der Waals surface area contributed by atoms with Crippen LogP contribution >= 0.6 is 0 Å². The Morgan fingerprint density at radius 2 is 2.33 bits per heavy atom. The summed E-state index contributed by atoms with van der Waals surface area (Å²) in [4.78, 5) is 0. The van der Waals surface area contributed by atoms with Crippen LogP contribution in [0.3, 0.4) is 0 Å². The molecule has 0 bridgehead atoms. The first kappa shape index (κ1) is 10.4. The molecule has 0 amide bonds. The molecule has 0 saturated carbocycles. The number of halogens is 1. The topological polar surface area (TPSA) is 35.2 Å². The highest BCUT2D eigenvalue weighted by molar-refractivity contribution is 5.40. The zero-order chi connectivity index (χ0) is 10.9. The van der Waals surface area contributed by atoms with E-state index in [1.807, 2.05) is 13.0 Å². The van der Waals surface area contributed by atoms with Gasteiger partial charge < -0.3 is 10.5 Å². The van der Waals surface area contributed by atoms with Crippen LogP contribution in [0.4, 0.5) is 4.39 Å². The predicted octanol–water partition coefficient (Wildman–Crippen LogP) is 2.26. The van der Waals surface area contributed by atoms with Gasteiger partial charge in [-0.25, -0.2) is 4.39 Å². The van der Waals surface area contributed by atoms with Crippen molar-refractivity contribution in [2.75, 3.05) is 6.54 Å². The summed E-state index contributed by atoms with van der Waals surface area (Å²) in [6.07, 6.45) is 2.43. The van der Waals surface area contributed by atoms with E-state index in [9.17, 15) is 4.39 Å². The van der Waals surface area contributed by atoms with Crippen LogP contribution < -0.4 is 10.5 Å². The summed E-state index contributed by atoms with van der Waals surface area (Å²) < 4.78 is 19.2. The highest BCUT2D eigenvalue weighted by Crippen LogP contribution is 2.38. The van der Waals surface area contributed by atoms with Gasteiger partial charge in [0.1, 0.15) is 17.2 Å². The number of rotatable bonds is 3. The van der Waals surface area contributed by atoms with Crippen LogP contribution in [0.25, 0.3) is 0 Å². The van der Waals surface area contributed by atoms with Crippen LogP contribution in [0.1, 0.15) is 25.3 Å². The van der Waals surface area contributed by atoms with Gasteiger partial charge in [0, 0.05) is 12.0 Å². The zero-order valence-corrected chi connectivity index (χ0v) is 8.92. The maximum Gasteiger partial charge on any atom is 0.130 e. The standard InChI is InChI=1S/C12H16FNO/c1-12(6-3-7-14)8-9-10(13)4-2-5-11(9)15-12/h2,4-5H,3,6-8,14H2,1H3. The molecule has 82 valence electrons. The molecular weight excluding hydrogens is 193 g/mol. The van der Waals surface area contributed by atoms with E-state index in [-0.39, 0.29) is 11.4 Å². The van der Waals surface area contributed by atoms with Gasteiger partial charge in [-0.1, -0.05) is 6.07 Å². The minimum atomic E-state index is -0.274. The molecule has 1 aliphatic heterocycles. The van der Waals surface area contributed by atoms with Crippen molar-refractivity contribution in [3.63, 3.8) is 0 Å². The van der Waals surface area contributed by atoms with Crippen LogP contribution in [0.5, 0.6) is 5.75 Å². The summed E-state index contributed by atoms with van der Waals surface area (Å²) in [6.45, 7) is 2.67. The zero-order valence-electron chi connectivity index (χ0n) is 8.92. The Bertz CT molecular complexity index is 367. The molecular formula is C12H16FNO. The fourth-order valence-electron chi connectivity index (χ4n) is 2.10. The van der Waals surface area contributed by atoms with Crippen molar-refractivity contribution < 1.29 is 9.13 Å². The molecule has 15 heavy (non-hydrogen) atoms. The summed E-state index contributed by atoms with van der Waals surface area (Å²) in [6, 6.07) is 4.99. The lowest BCUT2D eigenvalue weighted by Crippen LogP contribution is -2.30. The number of benzene rings is 1. The number of ether oxygens (including phenoxy) is 1. The highest BCUT2D eigenvalue weighted by atomic mass is 19.1. The van der Waals surface area contributed by atoms with Crippen molar-refractivity contribution in [1.82, 2.24) is 0 Å². The van der Waals surface area contributed by atoms with Gasteiger partial charge >= 0.3 is 0 Å². The van der Waals surface area contributed by atoms with E-state index >= 15 is 0 Å². The van der Waals surface area contributed by atoms with Crippen LogP contribution in [-0.4, -0.2) is 12.1 Å². The fourth-order valence-corrected chi connectivity index (χ4v) is 2.10. The molecule has 0 spiro atoms. The number of hydrogen-bond acceptors (Lipinski definition) is 2. The van der Waals surface area contributed by atoms with E-state index in [0.29, 0.717) is 24.3 Å². The lowest BCUT2D eigenvalue weighted by atomic mass is 9.94. The van der Waals surface area contributed by atoms with Gasteiger partial charge in [0.05, 0.1) is 0 Å². The molecule has 1 atom stereocenters. The van der Waals surface area contributed by atoms with Crippen molar-refractivity contribution in [3.8, 4) is 5.75 Å². The van der Waals surface area contributed by atoms with E-state index in [1.54, 1.807) is 6.07 Å². The van der Waals surface area contributed by atoms with Gasteiger partial charge in [-0.3, -0.25) is 0 Å². The second kappa shape index (κ2) is 3.81. The van der Waals surface area contributed by atoms with Gasteiger partial charge in [-0.2, -0.15) is 0 Å². The average Bonchev–Trinajstić information content (AvgIpc) is 2.54. The summed E-state index contributed by atoms with van der Waals surface area (Å²) in [5.41, 5.74) is 5.90. The van der Waals surface area contributed by atoms with Crippen molar-refractivity contribution >= 4 is 0 Å². The Hall–Kier alpha value is -1.09. The minimum absolute atomic E-state index is 0.163. The number of fused-ring (bicyclic) bond motifs is 1. The van der Waals surface area contributed by atoms with Crippen LogP contribution in [0.15, 0.2) is 18.2 Å². The van der Waals surface area contributed by atoms with Gasteiger partial charge in [0.2, 0.25) is 0 Å². The Morgan fingerprint density at radius 1 is 1.53 bits per heavy atom. The van der Waals surface area contributed by atoms with Crippen molar-refractivity contribution in [2.45, 2.75) is 31.8 Å². The van der Waals surface area contributed by atoms with E-state index in [0.717, 1.165) is 12.8 Å². The molecule has 1 unspecified atom stereocenters. The first-order chi connectivity index (χ1) is 7.14. The van der Waals surface area contributed by atoms with Gasteiger partial charge in [-0.15, -0.1) is 0 Å². The van der Waals surface area contributed by atoms with Crippen molar-refractivity contribution in [2.24, 2.45) is 5.73 Å². The maximum absolute atomic E-state index is 13.5. The molecule has 0 radical (unpaired) electrons. The monoisotopic (exact) mass is 209 g/mol. The van der Waals surface area contributed by atoms with Crippen molar-refractivity contribution in [3.05, 3.63) is 29.6 Å². The SMILES string of the molecule is CC1(CCCN)Cc2c(F)cccc2O1. The third kappa shape index (κ3) is 1.97. The normalized spacial score (nSPS) is 23.7. The minimum Gasteiger partial charge on any atom is -0.487 e. The quantitative estimate of drug-likeness (QED) is 0.828. The van der Waals surface area contributed by atoms with E-state index in [4.69, 9.17) is 10.5 Å². The van der Waals surface area contributed by atoms with Gasteiger partial charge in [0.25, 0.3) is 0 Å². The molecule has 1 heterocycles. The van der Waals surface area contributed by atoms with Crippen LogP contribution in [0, 0.1) is 5.82 Å². The molecule has 3 heteroatoms. The first-order valence-electron chi connectivity index (χ1n) is 5.31. The van der Waals surface area contributed by atoms with Gasteiger partial charge in [-0.05, 0) is 38.4 Å². The summed E-state index contributed by atoms with van der Waals surface area (Å²) in [7, 11) is 0. The molecule has 2 rings (SSSR count). The molecule has 0 aromatic heterocycles. The maximum atomic E-state index is 13.5. The molecule has 1 aliphatic rings. The lowest BCUT2D eigenvalue weighted by Gasteiger charge is -2.23. The van der Waals surface area contributed by atoms with E-state index < -0.39 is 0 Å². The molecule has 2 nitrogen and oxygen atoms in total. The summed E-state index contributed by atoms with van der Waals surface area (Å²) in [5, 5.41) is 0. The van der Waals surface area contributed by atoms with E-state index in [2.05, 4.69) is 0 Å². The van der Waals surface area contributed by atoms with E-state index in [1.165, 1.54) is 6.07 Å². The summed E-state index contributed by atoms with van der Waals surface area (Å²) >= 11 is 0. The number of hydrogen-bond donors (Lipinski definition) is 1. The lowest BCUT2D eigenvalue weighted by molar-refractivity contribution is 0.104. The van der Waals surface area contributed by atoms with Crippen molar-refractivity contribution in [1.29, 1.82) is 0 Å². The molecule has 1 aromatic rings. The second-order valence-corrected chi connectivity index (χ2v) is 4.34. The molecule has 1 aromatic carbocycles. The molecule has 0 fully saturated rings. The first-order valence-corrected chi connectivity index (χ1v) is 5.31.